The van der Waals surface area contributed by atoms with E-state index in [2.05, 4.69) is 15.2 Å². The number of amides is 1. The van der Waals surface area contributed by atoms with Crippen molar-refractivity contribution >= 4 is 18.0 Å². The van der Waals surface area contributed by atoms with Crippen LogP contribution in [0.2, 0.25) is 0 Å². The third kappa shape index (κ3) is 6.13. The topological polar surface area (TPSA) is 69.2 Å². The number of halogens is 3. The minimum atomic E-state index is -4.78. The van der Waals surface area contributed by atoms with Gasteiger partial charge < -0.3 is 9.47 Å². The third-order valence-electron chi connectivity index (χ3n) is 4.14. The molecule has 0 aliphatic carbocycles. The van der Waals surface area contributed by atoms with Crippen LogP contribution < -0.4 is 14.8 Å². The Morgan fingerprint density at radius 3 is 2.62 bits per heavy atom. The summed E-state index contributed by atoms with van der Waals surface area (Å²) in [6.45, 7) is 4.07. The monoisotopic (exact) mass is 408 g/mol. The Balaban J connectivity index is 1.52. The van der Waals surface area contributed by atoms with Crippen molar-refractivity contribution in [3.05, 3.63) is 53.6 Å². The zero-order valence-corrected chi connectivity index (χ0v) is 15.7. The smallest absolute Gasteiger partial charge is 0.488 e. The molecular weight excluding hydrogens is 389 g/mol. The number of alkyl halides is 3. The molecule has 1 amide bonds. The second-order valence-corrected chi connectivity index (χ2v) is 7.04. The lowest BCUT2D eigenvalue weighted by Crippen LogP contribution is -2.32. The van der Waals surface area contributed by atoms with Gasteiger partial charge in [0.2, 0.25) is 0 Å². The van der Waals surface area contributed by atoms with Crippen LogP contribution in [0.5, 0.6) is 11.5 Å². The fraction of sp³-hybridized carbons (Fsp3) is 0.300. The molecule has 0 bridgehead atoms. The van der Waals surface area contributed by atoms with Gasteiger partial charge in [0.1, 0.15) is 17.1 Å². The first-order valence-corrected chi connectivity index (χ1v) is 8.79. The van der Waals surface area contributed by atoms with Crippen LogP contribution >= 0.6 is 0 Å². The van der Waals surface area contributed by atoms with E-state index in [1.165, 1.54) is 18.3 Å². The van der Waals surface area contributed by atoms with Crippen molar-refractivity contribution in [2.75, 3.05) is 5.32 Å². The van der Waals surface area contributed by atoms with Gasteiger partial charge in [0.05, 0.1) is 6.21 Å². The van der Waals surface area contributed by atoms with E-state index < -0.39 is 18.2 Å². The number of rotatable bonds is 4. The molecule has 1 aliphatic heterocycles. The molecule has 1 heterocycles. The largest absolute Gasteiger partial charge is 0.573 e. The Morgan fingerprint density at radius 2 is 1.93 bits per heavy atom. The summed E-state index contributed by atoms with van der Waals surface area (Å²) in [5.74, 6) is 0.434. The number of carbonyl (C=O) groups is 1. The van der Waals surface area contributed by atoms with E-state index in [1.807, 2.05) is 26.0 Å². The van der Waals surface area contributed by atoms with Gasteiger partial charge in [-0.25, -0.2) is 4.79 Å². The quantitative estimate of drug-likeness (QED) is 0.425. The fourth-order valence-electron chi connectivity index (χ4n) is 2.77. The molecule has 0 fully saturated rings. The second kappa shape index (κ2) is 8.02. The van der Waals surface area contributed by atoms with Gasteiger partial charge in [-0.05, 0) is 80.3 Å². The summed E-state index contributed by atoms with van der Waals surface area (Å²) in [5.41, 5.74) is 1.83. The molecule has 1 N–H and O–H groups in total. The fourth-order valence-corrected chi connectivity index (χ4v) is 2.77. The molecule has 2 aromatic rings. The van der Waals surface area contributed by atoms with E-state index >= 15 is 0 Å². The van der Waals surface area contributed by atoms with E-state index in [0.717, 1.165) is 41.9 Å². The van der Waals surface area contributed by atoms with Gasteiger partial charge in [-0.2, -0.15) is 0 Å². The van der Waals surface area contributed by atoms with E-state index in [9.17, 15) is 18.0 Å². The van der Waals surface area contributed by atoms with Gasteiger partial charge in [0.15, 0.2) is 0 Å². The summed E-state index contributed by atoms with van der Waals surface area (Å²) in [6.07, 6.45) is -2.50. The minimum absolute atomic E-state index is 0.194. The van der Waals surface area contributed by atoms with Gasteiger partial charge >= 0.3 is 12.5 Å². The summed E-state index contributed by atoms with van der Waals surface area (Å²) < 4.78 is 46.0. The predicted octanol–water partition coefficient (Wildman–Crippen LogP) is 5.27. The first kappa shape index (κ1) is 20.5. The van der Waals surface area contributed by atoms with Crippen molar-refractivity contribution in [3.8, 4) is 11.5 Å². The van der Waals surface area contributed by atoms with Crippen molar-refractivity contribution in [2.45, 2.75) is 38.7 Å². The summed E-state index contributed by atoms with van der Waals surface area (Å²) in [5, 5.41) is 5.98. The number of carbonyl (C=O) groups excluding carboxylic acids is 1. The van der Waals surface area contributed by atoms with Crippen LogP contribution in [0.15, 0.2) is 47.6 Å². The molecule has 9 heteroatoms. The summed E-state index contributed by atoms with van der Waals surface area (Å²) >= 11 is 0. The number of nitrogens with zero attached hydrogens (tertiary/aromatic N) is 1. The summed E-state index contributed by atoms with van der Waals surface area (Å²) in [7, 11) is 0. The van der Waals surface area contributed by atoms with Gasteiger partial charge in [-0.1, -0.05) is 5.16 Å². The molecule has 29 heavy (non-hydrogen) atoms. The van der Waals surface area contributed by atoms with Crippen molar-refractivity contribution in [1.29, 1.82) is 0 Å². The second-order valence-electron chi connectivity index (χ2n) is 7.04. The zero-order chi connectivity index (χ0) is 21.1. The summed E-state index contributed by atoms with van der Waals surface area (Å²) in [4.78, 5) is 16.5. The molecule has 0 radical (unpaired) electrons. The van der Waals surface area contributed by atoms with Crippen molar-refractivity contribution in [3.63, 3.8) is 0 Å². The molecule has 3 rings (SSSR count). The summed E-state index contributed by atoms with van der Waals surface area (Å²) in [6, 6.07) is 10.2. The Labute approximate surface area is 165 Å². The zero-order valence-electron chi connectivity index (χ0n) is 15.7. The minimum Gasteiger partial charge on any atom is -0.488 e. The highest BCUT2D eigenvalue weighted by Crippen LogP contribution is 2.33. The SMILES string of the molecule is CC1(C)CCc2cc(/C=N/OC(=O)Nc3ccc(OC(F)(F)F)cc3)ccc2O1. The van der Waals surface area contributed by atoms with Crippen molar-refractivity contribution < 1.29 is 32.3 Å². The van der Waals surface area contributed by atoms with Gasteiger partial charge in [0.25, 0.3) is 0 Å². The number of hydrogen-bond acceptors (Lipinski definition) is 5. The Morgan fingerprint density at radius 1 is 1.21 bits per heavy atom. The van der Waals surface area contributed by atoms with E-state index in [1.54, 1.807) is 6.07 Å². The number of benzene rings is 2. The highest BCUT2D eigenvalue weighted by Gasteiger charge is 2.31. The number of hydrogen-bond donors (Lipinski definition) is 1. The molecule has 0 saturated heterocycles. The van der Waals surface area contributed by atoms with E-state index in [0.29, 0.717) is 0 Å². The van der Waals surface area contributed by atoms with Crippen LogP contribution in [0.3, 0.4) is 0 Å². The van der Waals surface area contributed by atoms with Crippen LogP contribution in [-0.4, -0.2) is 24.3 Å². The van der Waals surface area contributed by atoms with E-state index in [-0.39, 0.29) is 11.3 Å². The maximum atomic E-state index is 12.1. The van der Waals surface area contributed by atoms with Crippen molar-refractivity contribution in [2.24, 2.45) is 5.16 Å². The maximum absolute atomic E-state index is 12.1. The van der Waals surface area contributed by atoms with Gasteiger partial charge in [-0.3, -0.25) is 10.2 Å². The number of fused-ring (bicyclic) bond motifs is 1. The van der Waals surface area contributed by atoms with E-state index in [4.69, 9.17) is 9.57 Å². The lowest BCUT2D eigenvalue weighted by atomic mass is 9.93. The van der Waals surface area contributed by atoms with Crippen LogP contribution in [0, 0.1) is 0 Å². The number of anilines is 1. The number of aryl methyl sites for hydroxylation is 1. The molecule has 2 aromatic carbocycles. The Kier molecular flexibility index (Phi) is 5.67. The molecule has 0 atom stereocenters. The van der Waals surface area contributed by atoms with Crippen LogP contribution in [0.25, 0.3) is 0 Å². The number of ether oxygens (including phenoxy) is 2. The average Bonchev–Trinajstić information content (AvgIpc) is 2.62. The van der Waals surface area contributed by atoms with Crippen LogP contribution in [0.4, 0.5) is 23.7 Å². The molecule has 154 valence electrons. The highest BCUT2D eigenvalue weighted by molar-refractivity contribution is 5.86. The first-order valence-electron chi connectivity index (χ1n) is 8.79. The standard InChI is InChI=1S/C20H19F3N2O4/c1-19(2)10-9-14-11-13(3-8-17(14)28-19)12-24-29-18(26)25-15-4-6-16(7-5-15)27-20(21,22)23/h3-8,11-12H,9-10H2,1-2H3,(H,25,26)/b24-12+. The lowest BCUT2D eigenvalue weighted by molar-refractivity contribution is -0.274. The lowest BCUT2D eigenvalue weighted by Gasteiger charge is -2.32. The van der Waals surface area contributed by atoms with Crippen LogP contribution in [-0.2, 0) is 11.3 Å². The third-order valence-corrected chi connectivity index (χ3v) is 4.14. The van der Waals surface area contributed by atoms with Gasteiger partial charge in [0, 0.05) is 5.69 Å². The predicted molar refractivity (Wildman–Crippen MR) is 100 cm³/mol. The number of oxime groups is 1. The average molecular weight is 408 g/mol. The molecular formula is C20H19F3N2O4. The number of nitrogens with one attached hydrogen (secondary N) is 1. The van der Waals surface area contributed by atoms with Crippen LogP contribution in [0.1, 0.15) is 31.4 Å². The molecule has 1 aliphatic rings. The van der Waals surface area contributed by atoms with Crippen molar-refractivity contribution in [1.82, 2.24) is 0 Å². The molecule has 0 spiro atoms. The normalized spacial score (nSPS) is 15.3. The highest BCUT2D eigenvalue weighted by atomic mass is 19.4. The molecule has 0 aromatic heterocycles. The first-order chi connectivity index (χ1) is 13.6. The van der Waals surface area contributed by atoms with Gasteiger partial charge in [-0.15, -0.1) is 13.2 Å². The molecule has 0 unspecified atom stereocenters. The molecule has 6 nitrogen and oxygen atoms in total. The maximum Gasteiger partial charge on any atom is 0.573 e. The molecule has 0 saturated carbocycles. The Hall–Kier alpha value is -3.23. The Bertz CT molecular complexity index is 909.